The van der Waals surface area contributed by atoms with Gasteiger partial charge in [-0.3, -0.25) is 9.47 Å². The Balaban J connectivity index is 1.64. The molecule has 0 aromatic carbocycles. The quantitative estimate of drug-likeness (QED) is 0.770. The van der Waals surface area contributed by atoms with E-state index in [0.717, 1.165) is 13.2 Å². The van der Waals surface area contributed by atoms with Crippen molar-refractivity contribution in [3.05, 3.63) is 22.9 Å². The molecule has 2 saturated heterocycles. The maximum absolute atomic E-state index is 11.4. The minimum atomic E-state index is -0.0489. The summed E-state index contributed by atoms with van der Waals surface area (Å²) in [6.07, 6.45) is 6.15. The zero-order valence-electron chi connectivity index (χ0n) is 9.26. The smallest absolute Gasteiger partial charge is 0.325 e. The summed E-state index contributed by atoms with van der Waals surface area (Å²) in [5, 5.41) is 0. The summed E-state index contributed by atoms with van der Waals surface area (Å²) in [6, 6.07) is 0.624. The third-order valence-corrected chi connectivity index (χ3v) is 3.58. The van der Waals surface area contributed by atoms with Crippen LogP contribution in [0.25, 0.3) is 0 Å². The number of hydrogen-bond acceptors (Lipinski definition) is 3. The molecule has 0 amide bonds. The van der Waals surface area contributed by atoms with Gasteiger partial charge in [-0.25, -0.2) is 4.79 Å². The highest BCUT2D eigenvalue weighted by Crippen LogP contribution is 2.22. The zero-order chi connectivity index (χ0) is 11.0. The molecule has 88 valence electrons. The second kappa shape index (κ2) is 4.07. The highest BCUT2D eigenvalue weighted by molar-refractivity contribution is 4.86. The molecule has 0 saturated carbocycles. The number of nitrogens with one attached hydrogen (secondary N) is 1. The summed E-state index contributed by atoms with van der Waals surface area (Å²) in [6.45, 7) is 3.63. The second-order valence-corrected chi connectivity index (χ2v) is 4.66. The predicted molar refractivity (Wildman–Crippen MR) is 59.4 cm³/mol. The van der Waals surface area contributed by atoms with Crippen molar-refractivity contribution in [3.63, 3.8) is 0 Å². The van der Waals surface area contributed by atoms with Gasteiger partial charge < -0.3 is 9.72 Å². The Bertz CT molecular complexity index is 411. The van der Waals surface area contributed by atoms with Crippen LogP contribution in [0.3, 0.4) is 0 Å². The average Bonchev–Trinajstić information content (AvgIpc) is 2.88. The second-order valence-electron chi connectivity index (χ2n) is 4.66. The van der Waals surface area contributed by atoms with Gasteiger partial charge in [-0.1, -0.05) is 0 Å². The number of fused-ring (bicyclic) bond motifs is 1. The predicted octanol–water partition coefficient (Wildman–Crippen LogP) is 0.0396. The van der Waals surface area contributed by atoms with Gasteiger partial charge in [0.05, 0.1) is 19.3 Å². The lowest BCUT2D eigenvalue weighted by atomic mass is 10.2. The van der Waals surface area contributed by atoms with E-state index >= 15 is 0 Å². The lowest BCUT2D eigenvalue weighted by Crippen LogP contribution is -2.48. The molecule has 16 heavy (non-hydrogen) atoms. The van der Waals surface area contributed by atoms with Gasteiger partial charge in [-0.15, -0.1) is 0 Å². The van der Waals surface area contributed by atoms with Crippen molar-refractivity contribution in [2.75, 3.05) is 19.7 Å². The van der Waals surface area contributed by atoms with Crippen molar-refractivity contribution in [1.29, 1.82) is 0 Å². The Labute approximate surface area is 94.0 Å². The SMILES string of the molecule is O=c1[nH]ccn1CC1CN2CCCC2CO1. The first kappa shape index (κ1) is 10.1. The van der Waals surface area contributed by atoms with E-state index in [1.165, 1.54) is 19.4 Å². The van der Waals surface area contributed by atoms with E-state index in [-0.39, 0.29) is 11.8 Å². The van der Waals surface area contributed by atoms with E-state index in [4.69, 9.17) is 4.74 Å². The molecule has 0 aliphatic carbocycles. The molecule has 0 spiro atoms. The summed E-state index contributed by atoms with van der Waals surface area (Å²) in [5.41, 5.74) is -0.0489. The first-order valence-electron chi connectivity index (χ1n) is 5.92. The monoisotopic (exact) mass is 223 g/mol. The topological polar surface area (TPSA) is 50.3 Å². The summed E-state index contributed by atoms with van der Waals surface area (Å²) in [7, 11) is 0. The van der Waals surface area contributed by atoms with Crippen molar-refractivity contribution in [1.82, 2.24) is 14.5 Å². The van der Waals surface area contributed by atoms with Crippen molar-refractivity contribution in [2.24, 2.45) is 0 Å². The van der Waals surface area contributed by atoms with E-state index in [1.54, 1.807) is 17.0 Å². The lowest BCUT2D eigenvalue weighted by Gasteiger charge is -2.35. The summed E-state index contributed by atoms with van der Waals surface area (Å²) in [4.78, 5) is 16.5. The van der Waals surface area contributed by atoms with E-state index in [0.29, 0.717) is 12.6 Å². The molecular weight excluding hydrogens is 206 g/mol. The number of aromatic amines is 1. The van der Waals surface area contributed by atoms with Gasteiger partial charge in [0, 0.05) is 25.0 Å². The molecule has 1 N–H and O–H groups in total. The van der Waals surface area contributed by atoms with E-state index in [1.807, 2.05) is 0 Å². The normalized spacial score (nSPS) is 30.5. The fraction of sp³-hybridized carbons (Fsp3) is 0.727. The Morgan fingerprint density at radius 1 is 1.56 bits per heavy atom. The summed E-state index contributed by atoms with van der Waals surface area (Å²) < 4.78 is 7.49. The summed E-state index contributed by atoms with van der Waals surface area (Å²) >= 11 is 0. The van der Waals surface area contributed by atoms with Crippen LogP contribution >= 0.6 is 0 Å². The minimum Gasteiger partial charge on any atom is -0.373 e. The highest BCUT2D eigenvalue weighted by atomic mass is 16.5. The number of H-pyrrole nitrogens is 1. The van der Waals surface area contributed by atoms with Gasteiger partial charge in [-0.2, -0.15) is 0 Å². The fourth-order valence-electron chi connectivity index (χ4n) is 2.71. The molecule has 0 bridgehead atoms. The number of aromatic nitrogens is 2. The van der Waals surface area contributed by atoms with E-state index in [2.05, 4.69) is 9.88 Å². The maximum Gasteiger partial charge on any atom is 0.325 e. The fourth-order valence-corrected chi connectivity index (χ4v) is 2.71. The molecule has 1 aromatic rings. The van der Waals surface area contributed by atoms with Gasteiger partial charge in [0.1, 0.15) is 0 Å². The first-order valence-corrected chi connectivity index (χ1v) is 5.92. The van der Waals surface area contributed by atoms with Crippen LogP contribution in [0.1, 0.15) is 12.8 Å². The largest absolute Gasteiger partial charge is 0.373 e. The number of rotatable bonds is 2. The Morgan fingerprint density at radius 3 is 3.31 bits per heavy atom. The van der Waals surface area contributed by atoms with Crippen LogP contribution in [0.4, 0.5) is 0 Å². The van der Waals surface area contributed by atoms with Crippen LogP contribution in [0.15, 0.2) is 17.2 Å². The third kappa shape index (κ3) is 1.81. The molecule has 1 aromatic heterocycles. The van der Waals surface area contributed by atoms with Crippen molar-refractivity contribution in [2.45, 2.75) is 31.5 Å². The van der Waals surface area contributed by atoms with Crippen LogP contribution in [0.5, 0.6) is 0 Å². The molecule has 3 heterocycles. The molecule has 2 unspecified atom stereocenters. The number of morpholine rings is 1. The Morgan fingerprint density at radius 2 is 2.50 bits per heavy atom. The van der Waals surface area contributed by atoms with Crippen LogP contribution < -0.4 is 5.69 Å². The number of nitrogens with zero attached hydrogens (tertiary/aromatic N) is 2. The van der Waals surface area contributed by atoms with E-state index < -0.39 is 0 Å². The van der Waals surface area contributed by atoms with Gasteiger partial charge in [-0.05, 0) is 19.4 Å². The van der Waals surface area contributed by atoms with E-state index in [9.17, 15) is 4.79 Å². The standard InChI is InChI=1S/C11H17N3O2/c15-11-12-3-5-14(11)7-10-6-13-4-1-2-9(13)8-16-10/h3,5,9-10H,1-2,4,6-8H2,(H,12,15). The van der Waals surface area contributed by atoms with Crippen molar-refractivity contribution >= 4 is 0 Å². The van der Waals surface area contributed by atoms with Gasteiger partial charge >= 0.3 is 5.69 Å². The molecule has 5 nitrogen and oxygen atoms in total. The molecular formula is C11H17N3O2. The summed E-state index contributed by atoms with van der Waals surface area (Å²) in [5.74, 6) is 0. The highest BCUT2D eigenvalue weighted by Gasteiger charge is 2.32. The number of ether oxygens (including phenoxy) is 1. The third-order valence-electron chi connectivity index (χ3n) is 3.58. The van der Waals surface area contributed by atoms with Gasteiger partial charge in [0.25, 0.3) is 0 Å². The lowest BCUT2D eigenvalue weighted by molar-refractivity contribution is -0.0554. The number of imidazole rings is 1. The molecule has 2 aliphatic rings. The average molecular weight is 223 g/mol. The molecule has 5 heteroatoms. The van der Waals surface area contributed by atoms with Crippen LogP contribution in [0, 0.1) is 0 Å². The Kier molecular flexibility index (Phi) is 2.57. The molecule has 0 radical (unpaired) electrons. The number of hydrogen-bond donors (Lipinski definition) is 1. The maximum atomic E-state index is 11.4. The van der Waals surface area contributed by atoms with Crippen LogP contribution in [0.2, 0.25) is 0 Å². The van der Waals surface area contributed by atoms with Crippen LogP contribution in [-0.4, -0.2) is 46.3 Å². The van der Waals surface area contributed by atoms with Gasteiger partial charge in [0.2, 0.25) is 0 Å². The molecule has 2 fully saturated rings. The molecule has 2 aliphatic heterocycles. The van der Waals surface area contributed by atoms with Gasteiger partial charge in [0.15, 0.2) is 0 Å². The Hall–Kier alpha value is -1.07. The molecule has 2 atom stereocenters. The van der Waals surface area contributed by atoms with Crippen LogP contribution in [-0.2, 0) is 11.3 Å². The first-order chi connectivity index (χ1) is 7.83. The van der Waals surface area contributed by atoms with Crippen molar-refractivity contribution in [3.8, 4) is 0 Å². The molecule has 3 rings (SSSR count). The minimum absolute atomic E-state index is 0.0489. The van der Waals surface area contributed by atoms with Crippen molar-refractivity contribution < 1.29 is 4.74 Å². The zero-order valence-corrected chi connectivity index (χ0v) is 9.26.